The molecule has 0 aliphatic carbocycles. The van der Waals surface area contributed by atoms with Crippen LogP contribution in [-0.2, 0) is 15.7 Å². The number of alkyl halides is 3. The second kappa shape index (κ2) is 6.46. The molecule has 1 N–H and O–H groups in total. The average molecular weight is 305 g/mol. The lowest BCUT2D eigenvalue weighted by atomic mass is 9.97. The zero-order chi connectivity index (χ0) is 15.5. The highest BCUT2D eigenvalue weighted by Gasteiger charge is 2.34. The maximum absolute atomic E-state index is 12.6. The average Bonchev–Trinajstić information content (AvgIpc) is 2.95. The molecule has 1 unspecified atom stereocenters. The Hall–Kier alpha value is -1.57. The van der Waals surface area contributed by atoms with Crippen LogP contribution in [0.5, 0.6) is 0 Å². The van der Waals surface area contributed by atoms with Gasteiger partial charge in [-0.05, 0) is 19.4 Å². The molecule has 1 fully saturated rings. The summed E-state index contributed by atoms with van der Waals surface area (Å²) >= 11 is 0. The Morgan fingerprint density at radius 2 is 2.33 bits per heavy atom. The third-order valence-electron chi connectivity index (χ3n) is 3.65. The lowest BCUT2D eigenvalue weighted by Crippen LogP contribution is -2.36. The van der Waals surface area contributed by atoms with E-state index in [4.69, 9.17) is 0 Å². The van der Waals surface area contributed by atoms with Crippen LogP contribution in [0, 0.1) is 0 Å². The molecule has 0 amide bonds. The smallest absolute Gasteiger partial charge is 0.432 e. The molecule has 0 saturated carbocycles. The molecule has 1 aliphatic heterocycles. The number of piperidine rings is 1. The van der Waals surface area contributed by atoms with Gasteiger partial charge >= 0.3 is 12.1 Å². The van der Waals surface area contributed by atoms with Crippen LogP contribution < -0.4 is 0 Å². The number of esters is 1. The minimum absolute atomic E-state index is 0.0625. The van der Waals surface area contributed by atoms with Gasteiger partial charge in [0.2, 0.25) is 0 Å². The Morgan fingerprint density at radius 1 is 1.57 bits per heavy atom. The molecule has 1 aromatic rings. The molecule has 0 radical (unpaired) electrons. The molecule has 1 saturated heterocycles. The van der Waals surface area contributed by atoms with Crippen molar-refractivity contribution < 1.29 is 22.7 Å². The topological polar surface area (TPSA) is 58.2 Å². The van der Waals surface area contributed by atoms with E-state index >= 15 is 0 Å². The van der Waals surface area contributed by atoms with Gasteiger partial charge < -0.3 is 14.6 Å². The molecule has 0 spiro atoms. The number of hydrogen-bond acceptors (Lipinski definition) is 4. The summed E-state index contributed by atoms with van der Waals surface area (Å²) in [6.45, 7) is 1.98. The van der Waals surface area contributed by atoms with Gasteiger partial charge in [0, 0.05) is 19.0 Å². The van der Waals surface area contributed by atoms with Crippen LogP contribution in [-0.4, -0.2) is 47.6 Å². The van der Waals surface area contributed by atoms with E-state index in [-0.39, 0.29) is 18.3 Å². The molecule has 5 nitrogen and oxygen atoms in total. The van der Waals surface area contributed by atoms with Gasteiger partial charge in [-0.3, -0.25) is 4.79 Å². The Labute approximate surface area is 120 Å². The lowest BCUT2D eigenvalue weighted by Gasteiger charge is -2.31. The number of ether oxygens (including phenoxy) is 1. The van der Waals surface area contributed by atoms with Crippen LogP contribution in [0.25, 0.3) is 0 Å². The Morgan fingerprint density at radius 3 is 2.95 bits per heavy atom. The highest BCUT2D eigenvalue weighted by molar-refractivity contribution is 5.69. The molecule has 2 rings (SSSR count). The molecule has 1 aliphatic rings. The summed E-state index contributed by atoms with van der Waals surface area (Å²) in [5, 5.41) is 0. The molecule has 1 aromatic heterocycles. The molecule has 8 heteroatoms. The highest BCUT2D eigenvalue weighted by Crippen LogP contribution is 2.30. The van der Waals surface area contributed by atoms with Crippen molar-refractivity contribution in [1.29, 1.82) is 0 Å². The van der Waals surface area contributed by atoms with Crippen molar-refractivity contribution in [1.82, 2.24) is 14.9 Å². The first-order valence-corrected chi connectivity index (χ1v) is 6.81. The fourth-order valence-electron chi connectivity index (χ4n) is 2.52. The molecule has 0 bridgehead atoms. The van der Waals surface area contributed by atoms with Crippen LogP contribution >= 0.6 is 0 Å². The summed E-state index contributed by atoms with van der Waals surface area (Å²) in [5.74, 6) is 0.0204. The SMILES string of the molecule is COC(=O)CCN1CCCC(c2ncc(C(F)(F)F)[nH]2)C1. The van der Waals surface area contributed by atoms with E-state index in [2.05, 4.69) is 19.6 Å². The van der Waals surface area contributed by atoms with Gasteiger partial charge in [0.1, 0.15) is 11.5 Å². The largest absolute Gasteiger partial charge is 0.469 e. The maximum Gasteiger partial charge on any atom is 0.432 e. The van der Waals surface area contributed by atoms with Crippen LogP contribution in [0.4, 0.5) is 13.2 Å². The zero-order valence-corrected chi connectivity index (χ0v) is 11.7. The zero-order valence-electron chi connectivity index (χ0n) is 11.7. The first kappa shape index (κ1) is 15.8. The molecule has 0 aromatic carbocycles. The molecule has 118 valence electrons. The van der Waals surface area contributed by atoms with E-state index in [0.29, 0.717) is 18.9 Å². The summed E-state index contributed by atoms with van der Waals surface area (Å²) in [6, 6.07) is 0. The first-order chi connectivity index (χ1) is 9.90. The Balaban J connectivity index is 1.94. The summed E-state index contributed by atoms with van der Waals surface area (Å²) in [6.07, 6.45) is -1.62. The number of nitrogens with zero attached hydrogens (tertiary/aromatic N) is 2. The van der Waals surface area contributed by atoms with Crippen molar-refractivity contribution in [2.45, 2.75) is 31.4 Å². The fraction of sp³-hybridized carbons (Fsp3) is 0.692. The van der Waals surface area contributed by atoms with Crippen molar-refractivity contribution in [2.24, 2.45) is 0 Å². The van der Waals surface area contributed by atoms with Crippen LogP contribution in [0.15, 0.2) is 6.20 Å². The first-order valence-electron chi connectivity index (χ1n) is 6.81. The van der Waals surface area contributed by atoms with Crippen LogP contribution in [0.3, 0.4) is 0 Å². The summed E-state index contributed by atoms with van der Waals surface area (Å²) in [5.41, 5.74) is -0.816. The van der Waals surface area contributed by atoms with Crippen LogP contribution in [0.2, 0.25) is 0 Å². The standard InChI is InChI=1S/C13H18F3N3O2/c1-21-11(20)4-6-19-5-2-3-9(8-19)12-17-7-10(18-12)13(14,15)16/h7,9H,2-6,8H2,1H3,(H,17,18). The maximum atomic E-state index is 12.6. The van der Waals surface area contributed by atoms with Crippen LogP contribution in [0.1, 0.15) is 36.7 Å². The van der Waals surface area contributed by atoms with Crippen molar-refractivity contribution in [3.63, 3.8) is 0 Å². The fourth-order valence-corrected chi connectivity index (χ4v) is 2.52. The van der Waals surface area contributed by atoms with E-state index in [1.54, 1.807) is 0 Å². The van der Waals surface area contributed by atoms with E-state index in [9.17, 15) is 18.0 Å². The lowest BCUT2D eigenvalue weighted by molar-refractivity contribution is -0.142. The third-order valence-corrected chi connectivity index (χ3v) is 3.65. The van der Waals surface area contributed by atoms with Crippen molar-refractivity contribution >= 4 is 5.97 Å². The van der Waals surface area contributed by atoms with Gasteiger partial charge in [-0.15, -0.1) is 0 Å². The molecule has 1 atom stereocenters. The monoisotopic (exact) mass is 305 g/mol. The van der Waals surface area contributed by atoms with E-state index < -0.39 is 11.9 Å². The summed E-state index contributed by atoms with van der Waals surface area (Å²) < 4.78 is 42.3. The van der Waals surface area contributed by atoms with E-state index in [0.717, 1.165) is 25.6 Å². The van der Waals surface area contributed by atoms with Crippen molar-refractivity contribution in [2.75, 3.05) is 26.7 Å². The van der Waals surface area contributed by atoms with Gasteiger partial charge in [0.15, 0.2) is 0 Å². The van der Waals surface area contributed by atoms with Gasteiger partial charge in [-0.1, -0.05) is 0 Å². The predicted octanol–water partition coefficient (Wildman–Crippen LogP) is 2.17. The molecule has 21 heavy (non-hydrogen) atoms. The second-order valence-electron chi connectivity index (χ2n) is 5.15. The number of carbonyl (C=O) groups excluding carboxylic acids is 1. The third kappa shape index (κ3) is 4.20. The highest BCUT2D eigenvalue weighted by atomic mass is 19.4. The number of hydrogen-bond donors (Lipinski definition) is 1. The quantitative estimate of drug-likeness (QED) is 0.866. The normalized spacial score (nSPS) is 20.5. The number of rotatable bonds is 4. The van der Waals surface area contributed by atoms with Gasteiger partial charge in [0.25, 0.3) is 0 Å². The number of aromatic nitrogens is 2. The van der Waals surface area contributed by atoms with Crippen molar-refractivity contribution in [3.8, 4) is 0 Å². The Kier molecular flexibility index (Phi) is 4.87. The van der Waals surface area contributed by atoms with Gasteiger partial charge in [0.05, 0.1) is 19.7 Å². The number of likely N-dealkylation sites (tertiary alicyclic amines) is 1. The van der Waals surface area contributed by atoms with E-state index in [1.807, 2.05) is 0 Å². The van der Waals surface area contributed by atoms with Gasteiger partial charge in [-0.25, -0.2) is 4.98 Å². The minimum atomic E-state index is -4.40. The number of halogens is 3. The second-order valence-corrected chi connectivity index (χ2v) is 5.15. The predicted molar refractivity (Wildman–Crippen MR) is 68.6 cm³/mol. The van der Waals surface area contributed by atoms with Gasteiger partial charge in [-0.2, -0.15) is 13.2 Å². The van der Waals surface area contributed by atoms with Crippen molar-refractivity contribution in [3.05, 3.63) is 17.7 Å². The number of carbonyl (C=O) groups is 1. The molecular formula is C13H18F3N3O2. The molecular weight excluding hydrogens is 287 g/mol. The summed E-state index contributed by atoms with van der Waals surface area (Å²) in [7, 11) is 1.34. The number of H-pyrrole nitrogens is 1. The number of nitrogens with one attached hydrogen (secondary N) is 1. The van der Waals surface area contributed by atoms with E-state index in [1.165, 1.54) is 7.11 Å². The minimum Gasteiger partial charge on any atom is -0.469 e. The Bertz CT molecular complexity index is 487. The number of imidazole rings is 1. The number of aromatic amines is 1. The number of methoxy groups -OCH3 is 1. The summed E-state index contributed by atoms with van der Waals surface area (Å²) in [4.78, 5) is 19.4. The molecule has 2 heterocycles.